The maximum atomic E-state index is 12.8. The van der Waals surface area contributed by atoms with E-state index in [1.54, 1.807) is 12.1 Å². The van der Waals surface area contributed by atoms with Gasteiger partial charge in [-0.1, -0.05) is 6.07 Å². The number of carbonyl (C=O) groups excluding carboxylic acids is 1. The van der Waals surface area contributed by atoms with Gasteiger partial charge in [-0.2, -0.15) is 0 Å². The molecule has 0 unspecified atom stereocenters. The standard InChI is InChI=1S/C22H27NO6/c1-5-26-17-8-7-15(11-18(17)27-6-2)14(3)23-22(24)16-12-19(25-4)21-20(13-16)28-9-10-29-21/h7-8,11-14H,5-6,9-10H2,1-4H3,(H,23,24)/t14-/m0/s1. The van der Waals surface area contributed by atoms with Crippen molar-refractivity contribution in [3.8, 4) is 28.7 Å². The van der Waals surface area contributed by atoms with Gasteiger partial charge in [0.15, 0.2) is 23.0 Å². The number of benzene rings is 2. The van der Waals surface area contributed by atoms with Crippen molar-refractivity contribution in [2.24, 2.45) is 0 Å². The number of fused-ring (bicyclic) bond motifs is 1. The summed E-state index contributed by atoms with van der Waals surface area (Å²) in [7, 11) is 1.53. The van der Waals surface area contributed by atoms with E-state index in [4.69, 9.17) is 23.7 Å². The lowest BCUT2D eigenvalue weighted by molar-refractivity contribution is 0.0937. The number of amides is 1. The van der Waals surface area contributed by atoms with Gasteiger partial charge in [0, 0.05) is 5.56 Å². The first kappa shape index (κ1) is 20.6. The van der Waals surface area contributed by atoms with Crippen LogP contribution in [0.15, 0.2) is 30.3 Å². The Balaban J connectivity index is 1.79. The molecule has 2 aromatic rings. The van der Waals surface area contributed by atoms with Crippen LogP contribution in [0.2, 0.25) is 0 Å². The van der Waals surface area contributed by atoms with Gasteiger partial charge in [-0.3, -0.25) is 4.79 Å². The van der Waals surface area contributed by atoms with Crippen LogP contribution in [-0.2, 0) is 0 Å². The molecule has 1 heterocycles. The number of ether oxygens (including phenoxy) is 5. The lowest BCUT2D eigenvalue weighted by Crippen LogP contribution is -2.27. The minimum absolute atomic E-state index is 0.236. The molecule has 1 atom stereocenters. The zero-order valence-corrected chi connectivity index (χ0v) is 17.2. The van der Waals surface area contributed by atoms with E-state index in [1.807, 2.05) is 39.0 Å². The summed E-state index contributed by atoms with van der Waals surface area (Å²) in [4.78, 5) is 12.8. The van der Waals surface area contributed by atoms with Crippen LogP contribution in [0, 0.1) is 0 Å². The van der Waals surface area contributed by atoms with Crippen molar-refractivity contribution in [1.29, 1.82) is 0 Å². The van der Waals surface area contributed by atoms with E-state index in [0.29, 0.717) is 60.7 Å². The zero-order valence-electron chi connectivity index (χ0n) is 17.2. The molecular weight excluding hydrogens is 374 g/mol. The largest absolute Gasteiger partial charge is 0.493 e. The molecule has 3 rings (SSSR count). The van der Waals surface area contributed by atoms with Crippen LogP contribution in [0.1, 0.15) is 42.7 Å². The average Bonchev–Trinajstić information content (AvgIpc) is 2.74. The van der Waals surface area contributed by atoms with Crippen LogP contribution in [-0.4, -0.2) is 39.4 Å². The van der Waals surface area contributed by atoms with Crippen LogP contribution in [0.25, 0.3) is 0 Å². The molecule has 0 saturated heterocycles. The SMILES string of the molecule is CCOc1ccc([C@H](C)NC(=O)c2cc(OC)c3c(c2)OCCO3)cc1OCC. The van der Waals surface area contributed by atoms with Gasteiger partial charge in [0.2, 0.25) is 5.75 Å². The van der Waals surface area contributed by atoms with E-state index in [-0.39, 0.29) is 11.9 Å². The highest BCUT2D eigenvalue weighted by Crippen LogP contribution is 2.40. The number of methoxy groups -OCH3 is 1. The maximum absolute atomic E-state index is 12.8. The molecule has 7 nitrogen and oxygen atoms in total. The highest BCUT2D eigenvalue weighted by Gasteiger charge is 2.22. The minimum atomic E-state index is -0.239. The number of hydrogen-bond donors (Lipinski definition) is 1. The molecule has 1 amide bonds. The highest BCUT2D eigenvalue weighted by molar-refractivity contribution is 5.96. The Morgan fingerprint density at radius 1 is 1.03 bits per heavy atom. The van der Waals surface area contributed by atoms with E-state index in [9.17, 15) is 4.79 Å². The fourth-order valence-corrected chi connectivity index (χ4v) is 3.10. The normalized spacial score (nSPS) is 13.4. The molecule has 29 heavy (non-hydrogen) atoms. The summed E-state index contributed by atoms with van der Waals surface area (Å²) in [5.41, 5.74) is 1.35. The number of rotatable bonds is 8. The molecular formula is C22H27NO6. The van der Waals surface area contributed by atoms with E-state index in [0.717, 1.165) is 5.56 Å². The molecule has 0 saturated carbocycles. The number of nitrogens with one attached hydrogen (secondary N) is 1. The smallest absolute Gasteiger partial charge is 0.252 e. The minimum Gasteiger partial charge on any atom is -0.493 e. The fraction of sp³-hybridized carbons (Fsp3) is 0.409. The van der Waals surface area contributed by atoms with E-state index in [1.165, 1.54) is 7.11 Å². The second-order valence-electron chi connectivity index (χ2n) is 6.47. The van der Waals surface area contributed by atoms with Gasteiger partial charge in [0.25, 0.3) is 5.91 Å². The molecule has 1 aliphatic heterocycles. The summed E-state index contributed by atoms with van der Waals surface area (Å²) in [6.07, 6.45) is 0. The van der Waals surface area contributed by atoms with Crippen LogP contribution in [0.5, 0.6) is 28.7 Å². The Morgan fingerprint density at radius 2 is 1.76 bits per heavy atom. The van der Waals surface area contributed by atoms with Crippen LogP contribution < -0.4 is 29.0 Å². The molecule has 0 radical (unpaired) electrons. The van der Waals surface area contributed by atoms with Crippen LogP contribution in [0.3, 0.4) is 0 Å². The quantitative estimate of drug-likeness (QED) is 0.726. The summed E-state index contributed by atoms with van der Waals surface area (Å²) in [5, 5.41) is 3.00. The summed E-state index contributed by atoms with van der Waals surface area (Å²) < 4.78 is 27.8. The molecule has 0 aromatic heterocycles. The molecule has 7 heteroatoms. The molecule has 156 valence electrons. The average molecular weight is 401 g/mol. The Kier molecular flexibility index (Phi) is 6.69. The predicted molar refractivity (Wildman–Crippen MR) is 109 cm³/mol. The van der Waals surface area contributed by atoms with Crippen LogP contribution >= 0.6 is 0 Å². The number of hydrogen-bond acceptors (Lipinski definition) is 6. The van der Waals surface area contributed by atoms with Gasteiger partial charge in [-0.15, -0.1) is 0 Å². The Hall–Kier alpha value is -3.09. The molecule has 1 aliphatic rings. The summed E-state index contributed by atoms with van der Waals surface area (Å²) in [5.74, 6) is 2.62. The second kappa shape index (κ2) is 9.41. The monoisotopic (exact) mass is 401 g/mol. The molecule has 0 spiro atoms. The van der Waals surface area contributed by atoms with Crippen molar-refractivity contribution in [2.75, 3.05) is 33.5 Å². The number of carbonyl (C=O) groups is 1. The molecule has 2 aromatic carbocycles. The predicted octanol–water partition coefficient (Wildman–Crippen LogP) is 3.75. The fourth-order valence-electron chi connectivity index (χ4n) is 3.10. The third-order valence-corrected chi connectivity index (χ3v) is 4.51. The zero-order chi connectivity index (χ0) is 20.8. The van der Waals surface area contributed by atoms with Gasteiger partial charge in [-0.25, -0.2) is 0 Å². The molecule has 1 N–H and O–H groups in total. The van der Waals surface area contributed by atoms with Crippen molar-refractivity contribution in [3.63, 3.8) is 0 Å². The Morgan fingerprint density at radius 3 is 2.48 bits per heavy atom. The van der Waals surface area contributed by atoms with Crippen molar-refractivity contribution in [1.82, 2.24) is 5.32 Å². The summed E-state index contributed by atoms with van der Waals surface area (Å²) >= 11 is 0. The van der Waals surface area contributed by atoms with Gasteiger partial charge in [-0.05, 0) is 50.6 Å². The van der Waals surface area contributed by atoms with E-state index < -0.39 is 0 Å². The third kappa shape index (κ3) is 4.67. The first-order valence-corrected chi connectivity index (χ1v) is 9.75. The first-order valence-electron chi connectivity index (χ1n) is 9.75. The van der Waals surface area contributed by atoms with Crippen molar-refractivity contribution in [2.45, 2.75) is 26.8 Å². The van der Waals surface area contributed by atoms with Crippen molar-refractivity contribution in [3.05, 3.63) is 41.5 Å². The molecule has 0 fully saturated rings. The Labute approximate surface area is 170 Å². The lowest BCUT2D eigenvalue weighted by atomic mass is 10.1. The topological polar surface area (TPSA) is 75.3 Å². The van der Waals surface area contributed by atoms with E-state index in [2.05, 4.69) is 5.32 Å². The van der Waals surface area contributed by atoms with Gasteiger partial charge < -0.3 is 29.0 Å². The van der Waals surface area contributed by atoms with Crippen molar-refractivity contribution < 1.29 is 28.5 Å². The second-order valence-corrected chi connectivity index (χ2v) is 6.47. The van der Waals surface area contributed by atoms with Gasteiger partial charge in [0.1, 0.15) is 13.2 Å². The van der Waals surface area contributed by atoms with Gasteiger partial charge in [0.05, 0.1) is 26.4 Å². The molecule has 0 aliphatic carbocycles. The third-order valence-electron chi connectivity index (χ3n) is 4.51. The van der Waals surface area contributed by atoms with Gasteiger partial charge >= 0.3 is 0 Å². The lowest BCUT2D eigenvalue weighted by Gasteiger charge is -2.22. The molecule has 0 bridgehead atoms. The summed E-state index contributed by atoms with van der Waals surface area (Å²) in [6, 6.07) is 8.76. The van der Waals surface area contributed by atoms with Crippen LogP contribution in [0.4, 0.5) is 0 Å². The summed E-state index contributed by atoms with van der Waals surface area (Å²) in [6.45, 7) is 7.73. The highest BCUT2D eigenvalue weighted by atomic mass is 16.6. The van der Waals surface area contributed by atoms with Crippen molar-refractivity contribution >= 4 is 5.91 Å². The maximum Gasteiger partial charge on any atom is 0.252 e. The first-order chi connectivity index (χ1) is 14.1. The Bertz CT molecular complexity index is 849. The van der Waals surface area contributed by atoms with E-state index >= 15 is 0 Å².